The number of carboxylic acid groups (broad SMARTS) is 1. The first-order valence-corrected chi connectivity index (χ1v) is 5.04. The molecule has 0 aromatic carbocycles. The van der Waals surface area contributed by atoms with Crippen LogP contribution in [0.15, 0.2) is 12.5 Å². The quantitative estimate of drug-likeness (QED) is 0.765. The largest absolute Gasteiger partial charge is 0.476 e. The van der Waals surface area contributed by atoms with E-state index in [0.717, 1.165) is 0 Å². The lowest BCUT2D eigenvalue weighted by atomic mass is 10.0. The average Bonchev–Trinajstić information content (AvgIpc) is 2.80. The Morgan fingerprint density at radius 2 is 2.35 bits per heavy atom. The number of ether oxygens (including phenoxy) is 1. The van der Waals surface area contributed by atoms with Crippen LogP contribution in [0.25, 0.3) is 5.82 Å². The van der Waals surface area contributed by atoms with Gasteiger partial charge in [-0.3, -0.25) is 9.67 Å². The van der Waals surface area contributed by atoms with Gasteiger partial charge < -0.3 is 9.84 Å². The SMILES string of the molecule is CC1(C)Oc2cn[nH]c2-n2cnc(C(=O)O)c21. The van der Waals surface area contributed by atoms with E-state index in [4.69, 9.17) is 9.84 Å². The lowest BCUT2D eigenvalue weighted by Gasteiger charge is -2.31. The van der Waals surface area contributed by atoms with E-state index in [1.807, 2.05) is 0 Å². The third kappa shape index (κ3) is 1.19. The van der Waals surface area contributed by atoms with E-state index >= 15 is 0 Å². The Labute approximate surface area is 96.0 Å². The number of hydrogen-bond acceptors (Lipinski definition) is 4. The Morgan fingerprint density at radius 1 is 1.59 bits per heavy atom. The zero-order valence-electron chi connectivity index (χ0n) is 9.26. The molecule has 0 atom stereocenters. The van der Waals surface area contributed by atoms with E-state index in [1.54, 1.807) is 24.6 Å². The van der Waals surface area contributed by atoms with Crippen LogP contribution in [0.2, 0.25) is 0 Å². The number of imidazole rings is 1. The molecule has 0 amide bonds. The first kappa shape index (κ1) is 9.88. The summed E-state index contributed by atoms with van der Waals surface area (Å²) < 4.78 is 7.38. The summed E-state index contributed by atoms with van der Waals surface area (Å²) in [4.78, 5) is 15.0. The summed E-state index contributed by atoms with van der Waals surface area (Å²) in [6, 6.07) is 0. The Hall–Kier alpha value is -2.31. The van der Waals surface area contributed by atoms with Crippen LogP contribution in [0.1, 0.15) is 30.0 Å². The van der Waals surface area contributed by atoms with Crippen molar-refractivity contribution in [1.82, 2.24) is 19.7 Å². The molecule has 3 heterocycles. The molecule has 1 aliphatic heterocycles. The van der Waals surface area contributed by atoms with Gasteiger partial charge in [0.05, 0.1) is 6.20 Å². The van der Waals surface area contributed by atoms with Gasteiger partial charge in [-0.1, -0.05) is 0 Å². The van der Waals surface area contributed by atoms with E-state index in [0.29, 0.717) is 17.3 Å². The maximum absolute atomic E-state index is 11.1. The molecule has 7 heteroatoms. The van der Waals surface area contributed by atoms with Gasteiger partial charge in [-0.2, -0.15) is 5.10 Å². The molecule has 0 saturated heterocycles. The van der Waals surface area contributed by atoms with Crippen LogP contribution >= 0.6 is 0 Å². The highest BCUT2D eigenvalue weighted by Crippen LogP contribution is 2.38. The number of nitrogens with zero attached hydrogens (tertiary/aromatic N) is 3. The third-order valence-corrected chi connectivity index (χ3v) is 2.73. The van der Waals surface area contributed by atoms with Crippen molar-refractivity contribution in [2.75, 3.05) is 0 Å². The van der Waals surface area contributed by atoms with Gasteiger partial charge in [-0.05, 0) is 13.8 Å². The number of carbonyl (C=O) groups is 1. The monoisotopic (exact) mass is 234 g/mol. The maximum atomic E-state index is 11.1. The van der Waals surface area contributed by atoms with Gasteiger partial charge in [0.15, 0.2) is 17.3 Å². The van der Waals surface area contributed by atoms with Crippen LogP contribution in [-0.2, 0) is 5.60 Å². The minimum absolute atomic E-state index is 0.00440. The summed E-state index contributed by atoms with van der Waals surface area (Å²) in [5.74, 6) is 0.106. The summed E-state index contributed by atoms with van der Waals surface area (Å²) in [7, 11) is 0. The summed E-state index contributed by atoms with van der Waals surface area (Å²) >= 11 is 0. The van der Waals surface area contributed by atoms with Gasteiger partial charge in [-0.25, -0.2) is 9.78 Å². The maximum Gasteiger partial charge on any atom is 0.356 e. The van der Waals surface area contributed by atoms with Gasteiger partial charge in [0.25, 0.3) is 0 Å². The molecule has 0 aliphatic carbocycles. The fraction of sp³-hybridized carbons (Fsp3) is 0.300. The number of fused-ring (bicyclic) bond motifs is 3. The van der Waals surface area contributed by atoms with Crippen LogP contribution in [0.5, 0.6) is 5.75 Å². The van der Waals surface area contributed by atoms with Crippen molar-refractivity contribution in [2.24, 2.45) is 0 Å². The molecule has 7 nitrogen and oxygen atoms in total. The molecule has 2 aromatic rings. The standard InChI is InChI=1S/C10H10N4O3/c1-10(2)7-6(9(15)16)11-4-14(7)8-5(17-10)3-12-13-8/h3-4H,1-2H3,(H,12,13)(H,15,16). The zero-order valence-corrected chi connectivity index (χ0v) is 9.26. The molecule has 0 radical (unpaired) electrons. The number of aromatic carboxylic acids is 1. The van der Waals surface area contributed by atoms with Crippen LogP contribution in [0.3, 0.4) is 0 Å². The molecule has 0 saturated carbocycles. The van der Waals surface area contributed by atoms with Crippen molar-refractivity contribution < 1.29 is 14.6 Å². The minimum Gasteiger partial charge on any atom is -0.476 e. The molecular formula is C10H10N4O3. The highest BCUT2D eigenvalue weighted by Gasteiger charge is 2.39. The van der Waals surface area contributed by atoms with Gasteiger partial charge >= 0.3 is 5.97 Å². The smallest absolute Gasteiger partial charge is 0.356 e. The average molecular weight is 234 g/mol. The highest BCUT2D eigenvalue weighted by molar-refractivity contribution is 5.87. The molecule has 1 aliphatic rings. The first-order chi connectivity index (χ1) is 8.00. The minimum atomic E-state index is -1.07. The normalized spacial score (nSPS) is 15.9. The van der Waals surface area contributed by atoms with Crippen molar-refractivity contribution in [1.29, 1.82) is 0 Å². The molecule has 2 aromatic heterocycles. The van der Waals surface area contributed by atoms with Crippen molar-refractivity contribution >= 4 is 5.97 Å². The molecule has 0 bridgehead atoms. The Kier molecular flexibility index (Phi) is 1.67. The Balaban J connectivity index is 2.33. The number of aromatic amines is 1. The number of carboxylic acids is 1. The van der Waals surface area contributed by atoms with E-state index < -0.39 is 11.6 Å². The number of hydrogen-bond donors (Lipinski definition) is 2. The van der Waals surface area contributed by atoms with E-state index in [2.05, 4.69) is 15.2 Å². The third-order valence-electron chi connectivity index (χ3n) is 2.73. The fourth-order valence-electron chi connectivity index (χ4n) is 2.09. The molecule has 0 spiro atoms. The van der Waals surface area contributed by atoms with Gasteiger partial charge in [0.2, 0.25) is 0 Å². The lowest BCUT2D eigenvalue weighted by molar-refractivity contribution is 0.0650. The van der Waals surface area contributed by atoms with Crippen LogP contribution in [0.4, 0.5) is 0 Å². The van der Waals surface area contributed by atoms with E-state index in [1.165, 1.54) is 6.33 Å². The highest BCUT2D eigenvalue weighted by atomic mass is 16.5. The second-order valence-corrected chi connectivity index (χ2v) is 4.31. The second kappa shape index (κ2) is 2.88. The molecule has 0 fully saturated rings. The predicted octanol–water partition coefficient (Wildman–Crippen LogP) is 0.921. The van der Waals surface area contributed by atoms with E-state index in [9.17, 15) is 4.79 Å². The lowest BCUT2D eigenvalue weighted by Crippen LogP contribution is -2.33. The van der Waals surface area contributed by atoms with Crippen molar-refractivity contribution in [3.63, 3.8) is 0 Å². The first-order valence-electron chi connectivity index (χ1n) is 5.04. The van der Waals surface area contributed by atoms with Gasteiger partial charge in [0.1, 0.15) is 17.6 Å². The van der Waals surface area contributed by atoms with E-state index in [-0.39, 0.29) is 5.69 Å². The van der Waals surface area contributed by atoms with Crippen LogP contribution in [-0.4, -0.2) is 30.8 Å². The molecule has 3 rings (SSSR count). The van der Waals surface area contributed by atoms with Crippen molar-refractivity contribution in [3.8, 4) is 11.6 Å². The predicted molar refractivity (Wildman–Crippen MR) is 56.3 cm³/mol. The van der Waals surface area contributed by atoms with Gasteiger partial charge in [-0.15, -0.1) is 0 Å². The number of rotatable bonds is 1. The number of H-pyrrole nitrogens is 1. The summed E-state index contributed by atoms with van der Waals surface area (Å²) in [6.07, 6.45) is 3.01. The Morgan fingerprint density at radius 3 is 3.06 bits per heavy atom. The topological polar surface area (TPSA) is 93.0 Å². The number of aromatic nitrogens is 4. The summed E-state index contributed by atoms with van der Waals surface area (Å²) in [5, 5.41) is 15.7. The van der Waals surface area contributed by atoms with Crippen LogP contribution in [0, 0.1) is 0 Å². The molecule has 0 unspecified atom stereocenters. The molecule has 2 N–H and O–H groups in total. The zero-order chi connectivity index (χ0) is 12.2. The second-order valence-electron chi connectivity index (χ2n) is 4.31. The number of nitrogens with one attached hydrogen (secondary N) is 1. The van der Waals surface area contributed by atoms with Crippen molar-refractivity contribution in [3.05, 3.63) is 23.9 Å². The fourth-order valence-corrected chi connectivity index (χ4v) is 2.09. The van der Waals surface area contributed by atoms with Gasteiger partial charge in [0, 0.05) is 0 Å². The molecule has 17 heavy (non-hydrogen) atoms. The molecular weight excluding hydrogens is 224 g/mol. The van der Waals surface area contributed by atoms with Crippen molar-refractivity contribution in [2.45, 2.75) is 19.4 Å². The Bertz CT molecular complexity index is 611. The summed E-state index contributed by atoms with van der Waals surface area (Å²) in [6.45, 7) is 3.59. The van der Waals surface area contributed by atoms with Crippen LogP contribution < -0.4 is 4.74 Å². The summed E-state index contributed by atoms with van der Waals surface area (Å²) in [5.41, 5.74) is -0.266. The molecule has 88 valence electrons.